The molecule has 1 aliphatic rings. The third-order valence-corrected chi connectivity index (χ3v) is 4.00. The van der Waals surface area contributed by atoms with Gasteiger partial charge in [0.2, 0.25) is 5.91 Å². The third-order valence-electron chi connectivity index (χ3n) is 4.00. The third kappa shape index (κ3) is 5.89. The van der Waals surface area contributed by atoms with Gasteiger partial charge >= 0.3 is 0 Å². The number of aliphatic hydroxyl groups is 1. The first-order valence-electron chi connectivity index (χ1n) is 7.21. The molecule has 0 bridgehead atoms. The number of methoxy groups -OCH3 is 1. The summed E-state index contributed by atoms with van der Waals surface area (Å²) in [5.41, 5.74) is 5.05. The van der Waals surface area contributed by atoms with E-state index in [4.69, 9.17) is 10.5 Å². The van der Waals surface area contributed by atoms with Gasteiger partial charge in [0.05, 0.1) is 11.6 Å². The van der Waals surface area contributed by atoms with Gasteiger partial charge in [-0.25, -0.2) is 0 Å². The fourth-order valence-corrected chi connectivity index (χ4v) is 2.44. The van der Waals surface area contributed by atoms with Crippen LogP contribution in [0.15, 0.2) is 0 Å². The van der Waals surface area contributed by atoms with E-state index in [1.807, 2.05) is 0 Å². The van der Waals surface area contributed by atoms with Gasteiger partial charge in [-0.2, -0.15) is 0 Å². The second kappa shape index (κ2) is 7.82. The van der Waals surface area contributed by atoms with Crippen LogP contribution in [-0.4, -0.2) is 42.9 Å². The van der Waals surface area contributed by atoms with E-state index in [1.165, 1.54) is 0 Å². The maximum absolute atomic E-state index is 11.8. The Morgan fingerprint density at radius 1 is 1.53 bits per heavy atom. The molecule has 0 aromatic heterocycles. The number of hydrogen-bond acceptors (Lipinski definition) is 4. The Morgan fingerprint density at radius 3 is 2.74 bits per heavy atom. The van der Waals surface area contributed by atoms with E-state index in [0.717, 1.165) is 32.1 Å². The molecule has 0 aromatic carbocycles. The molecule has 1 rings (SSSR count). The van der Waals surface area contributed by atoms with Crippen LogP contribution in [0, 0.1) is 5.92 Å². The Bertz CT molecular complexity index is 276. The molecule has 0 aromatic rings. The monoisotopic (exact) mass is 272 g/mol. The molecule has 112 valence electrons. The Labute approximate surface area is 115 Å². The summed E-state index contributed by atoms with van der Waals surface area (Å²) in [6.45, 7) is 3.13. The number of nitrogens with one attached hydrogen (secondary N) is 1. The van der Waals surface area contributed by atoms with Crippen LogP contribution in [-0.2, 0) is 9.53 Å². The van der Waals surface area contributed by atoms with Crippen molar-refractivity contribution in [1.29, 1.82) is 0 Å². The van der Waals surface area contributed by atoms with Crippen molar-refractivity contribution in [2.75, 3.05) is 20.3 Å². The van der Waals surface area contributed by atoms with Crippen molar-refractivity contribution in [2.24, 2.45) is 11.7 Å². The minimum absolute atomic E-state index is 0.178. The minimum Gasteiger partial charge on any atom is -0.388 e. The van der Waals surface area contributed by atoms with Crippen molar-refractivity contribution >= 4 is 5.91 Å². The van der Waals surface area contributed by atoms with Crippen LogP contribution in [0.1, 0.15) is 45.4 Å². The van der Waals surface area contributed by atoms with E-state index in [9.17, 15) is 9.90 Å². The average Bonchev–Trinajstić information content (AvgIpc) is 2.40. The highest BCUT2D eigenvalue weighted by molar-refractivity contribution is 5.81. The number of nitrogens with two attached hydrogens (primary N) is 1. The van der Waals surface area contributed by atoms with Gasteiger partial charge < -0.3 is 20.9 Å². The molecule has 0 radical (unpaired) electrons. The highest BCUT2D eigenvalue weighted by Crippen LogP contribution is 2.31. The summed E-state index contributed by atoms with van der Waals surface area (Å²) < 4.78 is 4.93. The topological polar surface area (TPSA) is 84.6 Å². The van der Waals surface area contributed by atoms with E-state index in [2.05, 4.69) is 12.2 Å². The largest absolute Gasteiger partial charge is 0.388 e. The Kier molecular flexibility index (Phi) is 6.75. The number of ether oxygens (including phenoxy) is 1. The lowest BCUT2D eigenvalue weighted by Gasteiger charge is -2.35. The van der Waals surface area contributed by atoms with Crippen molar-refractivity contribution < 1.29 is 14.6 Å². The maximum atomic E-state index is 11.8. The highest BCUT2D eigenvalue weighted by atomic mass is 16.5. The minimum atomic E-state index is -0.742. The molecule has 0 saturated heterocycles. The maximum Gasteiger partial charge on any atom is 0.237 e. The Balaban J connectivity index is 2.25. The van der Waals surface area contributed by atoms with Crippen molar-refractivity contribution in [2.45, 2.75) is 57.1 Å². The Morgan fingerprint density at radius 2 is 2.16 bits per heavy atom. The zero-order valence-electron chi connectivity index (χ0n) is 12.2. The smallest absolute Gasteiger partial charge is 0.237 e. The van der Waals surface area contributed by atoms with Gasteiger partial charge in [0.25, 0.3) is 0 Å². The highest BCUT2D eigenvalue weighted by Gasteiger charge is 2.32. The first-order chi connectivity index (χ1) is 8.97. The molecule has 1 fully saturated rings. The van der Waals surface area contributed by atoms with E-state index in [0.29, 0.717) is 25.5 Å². The van der Waals surface area contributed by atoms with Crippen LogP contribution in [0.5, 0.6) is 0 Å². The molecule has 0 spiro atoms. The first kappa shape index (κ1) is 16.4. The van der Waals surface area contributed by atoms with Crippen LogP contribution in [0.25, 0.3) is 0 Å². The second-order valence-corrected chi connectivity index (χ2v) is 5.87. The number of carbonyl (C=O) groups is 1. The summed E-state index contributed by atoms with van der Waals surface area (Å²) in [6, 6.07) is -0.513. The van der Waals surface area contributed by atoms with E-state index >= 15 is 0 Å². The van der Waals surface area contributed by atoms with Gasteiger partial charge in [-0.15, -0.1) is 0 Å². The zero-order chi connectivity index (χ0) is 14.3. The predicted molar refractivity (Wildman–Crippen MR) is 74.7 cm³/mol. The molecule has 1 amide bonds. The quantitative estimate of drug-likeness (QED) is 0.598. The normalized spacial score (nSPS) is 28.9. The van der Waals surface area contributed by atoms with E-state index in [1.54, 1.807) is 7.11 Å². The van der Waals surface area contributed by atoms with Gasteiger partial charge in [-0.3, -0.25) is 4.79 Å². The van der Waals surface area contributed by atoms with E-state index in [-0.39, 0.29) is 5.91 Å². The second-order valence-electron chi connectivity index (χ2n) is 5.87. The average molecular weight is 272 g/mol. The summed E-state index contributed by atoms with van der Waals surface area (Å²) in [5.74, 6) is 0.496. The summed E-state index contributed by atoms with van der Waals surface area (Å²) >= 11 is 0. The van der Waals surface area contributed by atoms with E-state index < -0.39 is 11.6 Å². The number of carbonyl (C=O) groups excluding carboxylic acids is 1. The molecule has 0 heterocycles. The molecule has 4 N–H and O–H groups in total. The van der Waals surface area contributed by atoms with Crippen molar-refractivity contribution in [3.05, 3.63) is 0 Å². The molecule has 0 aliphatic heterocycles. The molecule has 5 heteroatoms. The molecular formula is C14H28N2O3. The fraction of sp³-hybridized carbons (Fsp3) is 0.929. The molecule has 1 unspecified atom stereocenters. The standard InChI is InChI=1S/C14H28N2O3/c1-11-5-7-14(18,8-6-11)10-16-13(17)12(15)4-3-9-19-2/h11-12,18H,3-10,15H2,1-2H3,(H,16,17). The van der Waals surface area contributed by atoms with Crippen LogP contribution in [0.4, 0.5) is 0 Å². The zero-order valence-corrected chi connectivity index (χ0v) is 12.2. The first-order valence-corrected chi connectivity index (χ1v) is 7.21. The summed E-state index contributed by atoms with van der Waals surface area (Å²) in [5, 5.41) is 13.1. The summed E-state index contributed by atoms with van der Waals surface area (Å²) in [4.78, 5) is 11.8. The molecule has 1 atom stereocenters. The van der Waals surface area contributed by atoms with Gasteiger partial charge in [0, 0.05) is 20.3 Å². The van der Waals surface area contributed by atoms with Crippen molar-refractivity contribution in [3.63, 3.8) is 0 Å². The number of rotatable bonds is 7. The molecule has 1 aliphatic carbocycles. The molecule has 5 nitrogen and oxygen atoms in total. The Hall–Kier alpha value is -0.650. The SMILES string of the molecule is COCCCC(N)C(=O)NCC1(O)CCC(C)CC1. The van der Waals surface area contributed by atoms with Crippen LogP contribution < -0.4 is 11.1 Å². The molecule has 1 saturated carbocycles. The fourth-order valence-electron chi connectivity index (χ4n) is 2.44. The summed E-state index contributed by atoms with van der Waals surface area (Å²) in [7, 11) is 1.63. The summed E-state index contributed by atoms with van der Waals surface area (Å²) in [6.07, 6.45) is 4.93. The number of amides is 1. The molecular weight excluding hydrogens is 244 g/mol. The van der Waals surface area contributed by atoms with Crippen molar-refractivity contribution in [3.8, 4) is 0 Å². The van der Waals surface area contributed by atoms with Gasteiger partial charge in [-0.05, 0) is 44.4 Å². The predicted octanol–water partition coefficient (Wildman–Crippen LogP) is 0.798. The van der Waals surface area contributed by atoms with Crippen LogP contribution in [0.2, 0.25) is 0 Å². The number of hydrogen-bond donors (Lipinski definition) is 3. The van der Waals surface area contributed by atoms with Gasteiger partial charge in [0.15, 0.2) is 0 Å². The lowest BCUT2D eigenvalue weighted by atomic mass is 9.79. The van der Waals surface area contributed by atoms with Crippen molar-refractivity contribution in [1.82, 2.24) is 5.32 Å². The van der Waals surface area contributed by atoms with Gasteiger partial charge in [-0.1, -0.05) is 6.92 Å². The lowest BCUT2D eigenvalue weighted by molar-refractivity contribution is -0.124. The lowest BCUT2D eigenvalue weighted by Crippen LogP contribution is -2.49. The van der Waals surface area contributed by atoms with Gasteiger partial charge in [0.1, 0.15) is 0 Å². The van der Waals surface area contributed by atoms with Crippen LogP contribution >= 0.6 is 0 Å². The molecule has 19 heavy (non-hydrogen) atoms. The van der Waals surface area contributed by atoms with Crippen LogP contribution in [0.3, 0.4) is 0 Å².